The first kappa shape index (κ1) is 25.9. The van der Waals surface area contributed by atoms with E-state index in [0.717, 1.165) is 51.4 Å². The van der Waals surface area contributed by atoms with E-state index in [9.17, 15) is 9.59 Å². The van der Waals surface area contributed by atoms with Crippen molar-refractivity contribution in [3.05, 3.63) is 40.5 Å². The van der Waals surface area contributed by atoms with Gasteiger partial charge in [-0.3, -0.25) is 9.59 Å². The molecule has 0 bridgehead atoms. The molecule has 0 aliphatic rings. The van der Waals surface area contributed by atoms with Crippen molar-refractivity contribution >= 4 is 18.0 Å². The topological polar surface area (TPSA) is 52.6 Å². The lowest BCUT2D eigenvalue weighted by Crippen LogP contribution is -2.04. The van der Waals surface area contributed by atoms with Gasteiger partial charge in [0.1, 0.15) is 0 Å². The second kappa shape index (κ2) is 15.7. The van der Waals surface area contributed by atoms with Gasteiger partial charge in [-0.15, -0.1) is 0 Å². The van der Waals surface area contributed by atoms with Crippen molar-refractivity contribution in [2.24, 2.45) is 0 Å². The Hall–Kier alpha value is -2.10. The monoisotopic (exact) mass is 416 g/mol. The van der Waals surface area contributed by atoms with Crippen molar-refractivity contribution in [3.63, 3.8) is 0 Å². The molecule has 0 radical (unpaired) electrons. The number of aryl methyl sites for hydroxylation is 3. The van der Waals surface area contributed by atoms with Crippen LogP contribution in [0.1, 0.15) is 94.4 Å². The highest BCUT2D eigenvalue weighted by molar-refractivity contribution is 5.69. The normalized spacial score (nSPS) is 11.1. The molecule has 0 saturated carbocycles. The third kappa shape index (κ3) is 10.6. The zero-order valence-electron chi connectivity index (χ0n) is 19.4. The van der Waals surface area contributed by atoms with E-state index in [1.165, 1.54) is 22.3 Å². The van der Waals surface area contributed by atoms with E-state index in [0.29, 0.717) is 26.1 Å². The van der Waals surface area contributed by atoms with Crippen LogP contribution in [0, 0.1) is 6.92 Å². The van der Waals surface area contributed by atoms with Gasteiger partial charge in [0.05, 0.1) is 13.2 Å². The molecule has 1 aromatic carbocycles. The summed E-state index contributed by atoms with van der Waals surface area (Å²) in [7, 11) is 0. The maximum absolute atomic E-state index is 11.2. The molecular formula is C26H40O4. The van der Waals surface area contributed by atoms with Crippen molar-refractivity contribution in [1.29, 1.82) is 0 Å². The van der Waals surface area contributed by atoms with Crippen LogP contribution >= 0.6 is 0 Å². The molecule has 4 nitrogen and oxygen atoms in total. The van der Waals surface area contributed by atoms with Crippen LogP contribution in [0.4, 0.5) is 0 Å². The van der Waals surface area contributed by atoms with Gasteiger partial charge in [0.2, 0.25) is 0 Å². The summed E-state index contributed by atoms with van der Waals surface area (Å²) in [5.74, 6) is -0.224. The Kier molecular flexibility index (Phi) is 13.6. The van der Waals surface area contributed by atoms with Crippen LogP contribution in [0.3, 0.4) is 0 Å². The lowest BCUT2D eigenvalue weighted by Gasteiger charge is -2.13. The summed E-state index contributed by atoms with van der Waals surface area (Å²) < 4.78 is 10.3. The molecule has 0 saturated heterocycles. The second-order valence-corrected chi connectivity index (χ2v) is 7.75. The zero-order valence-corrected chi connectivity index (χ0v) is 19.4. The van der Waals surface area contributed by atoms with Gasteiger partial charge in [-0.25, -0.2) is 0 Å². The molecule has 0 aromatic heterocycles. The maximum atomic E-state index is 11.2. The van der Waals surface area contributed by atoms with Gasteiger partial charge in [-0.1, -0.05) is 38.1 Å². The van der Waals surface area contributed by atoms with E-state index in [1.54, 1.807) is 0 Å². The molecule has 4 heteroatoms. The molecular weight excluding hydrogens is 376 g/mol. The van der Waals surface area contributed by atoms with Gasteiger partial charge >= 0.3 is 11.9 Å². The molecule has 0 atom stereocenters. The minimum absolute atomic E-state index is 0.112. The number of unbranched alkanes of at least 4 members (excludes halogenated alkanes) is 4. The SMILES string of the molecule is C/C=C/c1cc(CCCCCOC(=O)CC)c(C)cc1CCCCCOC(=O)CC. The first-order chi connectivity index (χ1) is 14.5. The first-order valence-electron chi connectivity index (χ1n) is 11.6. The number of ether oxygens (including phenoxy) is 2. The number of allylic oxidation sites excluding steroid dienone is 1. The van der Waals surface area contributed by atoms with Crippen molar-refractivity contribution in [2.75, 3.05) is 13.2 Å². The molecule has 0 aliphatic heterocycles. The highest BCUT2D eigenvalue weighted by Crippen LogP contribution is 2.22. The fourth-order valence-electron chi connectivity index (χ4n) is 3.42. The number of rotatable bonds is 15. The molecule has 0 heterocycles. The van der Waals surface area contributed by atoms with Crippen molar-refractivity contribution in [1.82, 2.24) is 0 Å². The summed E-state index contributed by atoms with van der Waals surface area (Å²) in [6, 6.07) is 4.68. The molecule has 30 heavy (non-hydrogen) atoms. The molecule has 1 aromatic rings. The van der Waals surface area contributed by atoms with Crippen molar-refractivity contribution in [3.8, 4) is 0 Å². The number of benzene rings is 1. The van der Waals surface area contributed by atoms with Crippen LogP contribution in [-0.4, -0.2) is 25.2 Å². The van der Waals surface area contributed by atoms with E-state index < -0.39 is 0 Å². The minimum Gasteiger partial charge on any atom is -0.466 e. The number of hydrogen-bond donors (Lipinski definition) is 0. The lowest BCUT2D eigenvalue weighted by atomic mass is 9.93. The molecule has 1 rings (SSSR count). The fourth-order valence-corrected chi connectivity index (χ4v) is 3.42. The zero-order chi connectivity index (χ0) is 22.2. The number of carbonyl (C=O) groups excluding carboxylic acids is 2. The van der Waals surface area contributed by atoms with Gasteiger partial charge in [-0.05, 0) is 87.5 Å². The van der Waals surface area contributed by atoms with Crippen LogP contribution in [0.25, 0.3) is 6.08 Å². The third-order valence-corrected chi connectivity index (χ3v) is 5.23. The molecule has 168 valence electrons. The van der Waals surface area contributed by atoms with Crippen LogP contribution in [0.15, 0.2) is 18.2 Å². The first-order valence-corrected chi connectivity index (χ1v) is 11.6. The summed E-state index contributed by atoms with van der Waals surface area (Å²) in [6.45, 7) is 8.97. The Balaban J connectivity index is 2.48. The summed E-state index contributed by atoms with van der Waals surface area (Å²) in [4.78, 5) is 22.3. The van der Waals surface area contributed by atoms with E-state index in [4.69, 9.17) is 9.47 Å². The van der Waals surface area contributed by atoms with Gasteiger partial charge in [0.15, 0.2) is 0 Å². The van der Waals surface area contributed by atoms with Crippen molar-refractivity contribution in [2.45, 2.75) is 91.9 Å². The average molecular weight is 417 g/mol. The molecule has 0 fully saturated rings. The largest absolute Gasteiger partial charge is 0.466 e. The van der Waals surface area contributed by atoms with Gasteiger partial charge < -0.3 is 9.47 Å². The molecule has 0 amide bonds. The van der Waals surface area contributed by atoms with Crippen molar-refractivity contribution < 1.29 is 19.1 Å². The van der Waals surface area contributed by atoms with Crippen LogP contribution in [0.5, 0.6) is 0 Å². The highest BCUT2D eigenvalue weighted by Gasteiger charge is 2.07. The smallest absolute Gasteiger partial charge is 0.305 e. The van der Waals surface area contributed by atoms with Crippen LogP contribution in [0.2, 0.25) is 0 Å². The summed E-state index contributed by atoms with van der Waals surface area (Å²) in [5.41, 5.74) is 5.47. The number of esters is 2. The van der Waals surface area contributed by atoms with E-state index in [2.05, 4.69) is 38.1 Å². The number of hydrogen-bond acceptors (Lipinski definition) is 4. The fraction of sp³-hybridized carbons (Fsp3) is 0.615. The molecule has 0 unspecified atom stereocenters. The summed E-state index contributed by atoms with van der Waals surface area (Å²) in [5, 5.41) is 0. The third-order valence-electron chi connectivity index (χ3n) is 5.23. The number of carbonyl (C=O) groups is 2. The van der Waals surface area contributed by atoms with E-state index >= 15 is 0 Å². The maximum Gasteiger partial charge on any atom is 0.305 e. The van der Waals surface area contributed by atoms with Crippen LogP contribution < -0.4 is 0 Å². The summed E-state index contributed by atoms with van der Waals surface area (Å²) in [6.07, 6.45) is 13.5. The predicted octanol–water partition coefficient (Wildman–Crippen LogP) is 6.36. The average Bonchev–Trinajstić information content (AvgIpc) is 2.74. The van der Waals surface area contributed by atoms with Gasteiger partial charge in [0.25, 0.3) is 0 Å². The Labute approximate surface area is 183 Å². The molecule has 0 N–H and O–H groups in total. The van der Waals surface area contributed by atoms with Gasteiger partial charge in [-0.2, -0.15) is 0 Å². The minimum atomic E-state index is -0.112. The predicted molar refractivity (Wildman–Crippen MR) is 123 cm³/mol. The highest BCUT2D eigenvalue weighted by atomic mass is 16.5. The lowest BCUT2D eigenvalue weighted by molar-refractivity contribution is -0.144. The Bertz CT molecular complexity index is 676. The Morgan fingerprint density at radius 3 is 1.83 bits per heavy atom. The Morgan fingerprint density at radius 2 is 1.33 bits per heavy atom. The molecule has 0 aliphatic carbocycles. The Morgan fingerprint density at radius 1 is 0.800 bits per heavy atom. The molecule has 0 spiro atoms. The van der Waals surface area contributed by atoms with E-state index in [1.807, 2.05) is 13.8 Å². The van der Waals surface area contributed by atoms with Gasteiger partial charge in [0, 0.05) is 12.8 Å². The quantitative estimate of drug-likeness (QED) is 0.246. The van der Waals surface area contributed by atoms with Crippen LogP contribution in [-0.2, 0) is 31.9 Å². The standard InChI is InChI=1S/C26H40O4/c1-5-14-23-20-22(15-10-8-12-17-29-25(27)6-2)21(4)19-24(23)16-11-9-13-18-30-26(28)7-3/h5,14,19-20H,6-13,15-18H2,1-4H3/b14-5+. The second-order valence-electron chi connectivity index (χ2n) is 7.75. The summed E-state index contributed by atoms with van der Waals surface area (Å²) >= 11 is 0. The van der Waals surface area contributed by atoms with E-state index in [-0.39, 0.29) is 11.9 Å².